The second-order valence-corrected chi connectivity index (χ2v) is 4.48. The van der Waals surface area contributed by atoms with Gasteiger partial charge in [0.05, 0.1) is 0 Å². The molecule has 0 aliphatic heterocycles. The molecule has 0 atom stereocenters. The fourth-order valence-corrected chi connectivity index (χ4v) is 2.26. The van der Waals surface area contributed by atoms with E-state index in [-0.39, 0.29) is 0 Å². The van der Waals surface area contributed by atoms with Crippen LogP contribution in [0.3, 0.4) is 0 Å². The molecule has 0 aliphatic rings. The summed E-state index contributed by atoms with van der Waals surface area (Å²) in [5.74, 6) is 0. The maximum atomic E-state index is 5.89. The van der Waals surface area contributed by atoms with Gasteiger partial charge in [-0.2, -0.15) is 0 Å². The Morgan fingerprint density at radius 1 is 0.944 bits per heavy atom. The van der Waals surface area contributed by atoms with Crippen LogP contribution in [0.25, 0.3) is 21.9 Å². The molecular formula is C16H14N2. The Labute approximate surface area is 106 Å². The van der Waals surface area contributed by atoms with Crippen molar-refractivity contribution in [3.8, 4) is 11.1 Å². The van der Waals surface area contributed by atoms with Crippen molar-refractivity contribution >= 4 is 16.5 Å². The predicted octanol–water partition coefficient (Wildman–Crippen LogP) is 3.79. The van der Waals surface area contributed by atoms with E-state index in [0.717, 1.165) is 22.2 Å². The van der Waals surface area contributed by atoms with E-state index in [1.165, 1.54) is 10.9 Å². The fraction of sp³-hybridized carbons (Fsp3) is 0.0625. The van der Waals surface area contributed by atoms with Gasteiger partial charge in [-0.15, -0.1) is 0 Å². The van der Waals surface area contributed by atoms with E-state index in [0.29, 0.717) is 0 Å². The number of aromatic nitrogens is 1. The second kappa shape index (κ2) is 4.15. The highest BCUT2D eigenvalue weighted by atomic mass is 14.6. The molecule has 0 saturated carbocycles. The van der Waals surface area contributed by atoms with Gasteiger partial charge in [0.15, 0.2) is 0 Å². The minimum absolute atomic E-state index is 0.781. The standard InChI is InChI=1S/C16H14N2/c1-11-6-7-13(17)8-15(11)16-10-18-9-12-4-2-3-5-14(12)16/h2-10H,17H2,1H3. The highest BCUT2D eigenvalue weighted by Crippen LogP contribution is 2.31. The summed E-state index contributed by atoms with van der Waals surface area (Å²) in [6.07, 6.45) is 3.80. The van der Waals surface area contributed by atoms with Crippen LogP contribution in [0.5, 0.6) is 0 Å². The first-order chi connectivity index (χ1) is 8.75. The summed E-state index contributed by atoms with van der Waals surface area (Å²) in [6, 6.07) is 14.3. The van der Waals surface area contributed by atoms with E-state index in [1.807, 2.05) is 42.7 Å². The van der Waals surface area contributed by atoms with Gasteiger partial charge in [0.25, 0.3) is 0 Å². The average molecular weight is 234 g/mol. The molecule has 3 aromatic rings. The van der Waals surface area contributed by atoms with E-state index < -0.39 is 0 Å². The van der Waals surface area contributed by atoms with Crippen LogP contribution >= 0.6 is 0 Å². The van der Waals surface area contributed by atoms with E-state index in [1.54, 1.807) is 0 Å². The highest BCUT2D eigenvalue weighted by Gasteiger charge is 2.07. The van der Waals surface area contributed by atoms with Gasteiger partial charge in [0, 0.05) is 29.0 Å². The first-order valence-corrected chi connectivity index (χ1v) is 5.95. The molecule has 1 aromatic heterocycles. The molecule has 2 heteroatoms. The molecule has 0 unspecified atom stereocenters. The lowest BCUT2D eigenvalue weighted by Gasteiger charge is -2.10. The number of rotatable bonds is 1. The van der Waals surface area contributed by atoms with Crippen LogP contribution in [0.4, 0.5) is 5.69 Å². The monoisotopic (exact) mass is 234 g/mol. The predicted molar refractivity (Wildman–Crippen MR) is 76.3 cm³/mol. The van der Waals surface area contributed by atoms with Crippen LogP contribution in [-0.4, -0.2) is 4.98 Å². The number of hydrogen-bond acceptors (Lipinski definition) is 2. The van der Waals surface area contributed by atoms with Crippen molar-refractivity contribution in [2.24, 2.45) is 0 Å². The molecular weight excluding hydrogens is 220 g/mol. The van der Waals surface area contributed by atoms with Gasteiger partial charge < -0.3 is 5.73 Å². The van der Waals surface area contributed by atoms with Crippen molar-refractivity contribution in [1.29, 1.82) is 0 Å². The summed E-state index contributed by atoms with van der Waals surface area (Å²) in [5, 5.41) is 2.36. The minimum atomic E-state index is 0.781. The Hall–Kier alpha value is -2.35. The lowest BCUT2D eigenvalue weighted by atomic mass is 9.97. The summed E-state index contributed by atoms with van der Waals surface area (Å²) in [4.78, 5) is 4.32. The quantitative estimate of drug-likeness (QED) is 0.650. The summed E-state index contributed by atoms with van der Waals surface area (Å²) in [5.41, 5.74) is 10.2. The molecule has 88 valence electrons. The van der Waals surface area contributed by atoms with Crippen molar-refractivity contribution in [1.82, 2.24) is 4.98 Å². The van der Waals surface area contributed by atoms with Crippen LogP contribution in [0.2, 0.25) is 0 Å². The maximum Gasteiger partial charge on any atom is 0.0352 e. The van der Waals surface area contributed by atoms with Gasteiger partial charge >= 0.3 is 0 Å². The first kappa shape index (κ1) is 10.8. The Kier molecular flexibility index (Phi) is 2.49. The lowest BCUT2D eigenvalue weighted by molar-refractivity contribution is 1.35. The van der Waals surface area contributed by atoms with Gasteiger partial charge in [-0.25, -0.2) is 0 Å². The van der Waals surface area contributed by atoms with Crippen LogP contribution < -0.4 is 5.73 Å². The average Bonchev–Trinajstić information content (AvgIpc) is 2.41. The van der Waals surface area contributed by atoms with Gasteiger partial charge in [-0.1, -0.05) is 30.3 Å². The minimum Gasteiger partial charge on any atom is -0.399 e. The molecule has 3 rings (SSSR count). The summed E-state index contributed by atoms with van der Waals surface area (Å²) in [7, 11) is 0. The number of nitrogens with two attached hydrogens (primary N) is 1. The Morgan fingerprint density at radius 2 is 1.78 bits per heavy atom. The second-order valence-electron chi connectivity index (χ2n) is 4.48. The molecule has 2 N–H and O–H groups in total. The fourth-order valence-electron chi connectivity index (χ4n) is 2.26. The number of pyridine rings is 1. The molecule has 1 heterocycles. The van der Waals surface area contributed by atoms with Gasteiger partial charge in [-0.3, -0.25) is 4.98 Å². The summed E-state index contributed by atoms with van der Waals surface area (Å²) < 4.78 is 0. The molecule has 18 heavy (non-hydrogen) atoms. The van der Waals surface area contributed by atoms with E-state index in [2.05, 4.69) is 24.0 Å². The third-order valence-electron chi connectivity index (χ3n) is 3.22. The number of hydrogen-bond donors (Lipinski definition) is 1. The molecule has 2 nitrogen and oxygen atoms in total. The van der Waals surface area contributed by atoms with Gasteiger partial charge in [0.2, 0.25) is 0 Å². The van der Waals surface area contributed by atoms with E-state index in [9.17, 15) is 0 Å². The van der Waals surface area contributed by atoms with Crippen molar-refractivity contribution < 1.29 is 0 Å². The maximum absolute atomic E-state index is 5.89. The van der Waals surface area contributed by atoms with Crippen molar-refractivity contribution in [3.63, 3.8) is 0 Å². The normalized spacial score (nSPS) is 10.7. The molecule has 0 bridgehead atoms. The summed E-state index contributed by atoms with van der Waals surface area (Å²) in [6.45, 7) is 2.09. The van der Waals surface area contributed by atoms with Crippen LogP contribution in [0.1, 0.15) is 5.56 Å². The molecule has 0 amide bonds. The molecule has 0 fully saturated rings. The van der Waals surface area contributed by atoms with Crippen molar-refractivity contribution in [2.45, 2.75) is 6.92 Å². The molecule has 0 aliphatic carbocycles. The number of aryl methyl sites for hydroxylation is 1. The topological polar surface area (TPSA) is 38.9 Å². The zero-order valence-electron chi connectivity index (χ0n) is 10.2. The third kappa shape index (κ3) is 1.72. The van der Waals surface area contributed by atoms with Crippen LogP contribution in [0, 0.1) is 6.92 Å². The number of nitrogens with zero attached hydrogens (tertiary/aromatic N) is 1. The Morgan fingerprint density at radius 3 is 2.67 bits per heavy atom. The Bertz CT molecular complexity index is 712. The van der Waals surface area contributed by atoms with Gasteiger partial charge in [-0.05, 0) is 35.6 Å². The smallest absolute Gasteiger partial charge is 0.0352 e. The molecule has 0 saturated heterocycles. The van der Waals surface area contributed by atoms with E-state index >= 15 is 0 Å². The van der Waals surface area contributed by atoms with Crippen LogP contribution in [0.15, 0.2) is 54.9 Å². The zero-order chi connectivity index (χ0) is 12.5. The van der Waals surface area contributed by atoms with E-state index in [4.69, 9.17) is 5.73 Å². The number of nitrogen functional groups attached to an aromatic ring is 1. The third-order valence-corrected chi connectivity index (χ3v) is 3.22. The van der Waals surface area contributed by atoms with Crippen molar-refractivity contribution in [3.05, 3.63) is 60.4 Å². The SMILES string of the molecule is Cc1ccc(N)cc1-c1cncc2ccccc12. The Balaban J connectivity index is 2.35. The van der Waals surface area contributed by atoms with Crippen LogP contribution in [-0.2, 0) is 0 Å². The first-order valence-electron chi connectivity index (χ1n) is 5.95. The number of anilines is 1. The summed E-state index contributed by atoms with van der Waals surface area (Å²) >= 11 is 0. The number of fused-ring (bicyclic) bond motifs is 1. The van der Waals surface area contributed by atoms with Gasteiger partial charge in [0.1, 0.15) is 0 Å². The molecule has 0 spiro atoms. The molecule has 0 radical (unpaired) electrons. The highest BCUT2D eigenvalue weighted by molar-refractivity contribution is 5.96. The van der Waals surface area contributed by atoms with Crippen molar-refractivity contribution in [2.75, 3.05) is 5.73 Å². The largest absolute Gasteiger partial charge is 0.399 e. The lowest BCUT2D eigenvalue weighted by Crippen LogP contribution is -1.90. The molecule has 2 aromatic carbocycles. The number of benzene rings is 2. The zero-order valence-corrected chi connectivity index (χ0v) is 10.2.